The minimum absolute atomic E-state index is 0.291. The van der Waals surface area contributed by atoms with E-state index in [9.17, 15) is 15.0 Å². The molecule has 0 amide bonds. The van der Waals surface area contributed by atoms with Crippen molar-refractivity contribution in [3.05, 3.63) is 22.3 Å². The van der Waals surface area contributed by atoms with Crippen LogP contribution in [0.2, 0.25) is 0 Å². The molecule has 0 radical (unpaired) electrons. The molecule has 0 aromatic heterocycles. The fourth-order valence-corrected chi connectivity index (χ4v) is 2.73. The van der Waals surface area contributed by atoms with E-state index in [1.165, 1.54) is 0 Å². The molecule has 0 spiro atoms. The fraction of sp³-hybridized carbons (Fsp3) is 0.533. The van der Waals surface area contributed by atoms with Gasteiger partial charge in [0.1, 0.15) is 11.5 Å². The number of hydrogen-bond donors (Lipinski definition) is 2. The first kappa shape index (κ1) is 13.7. The molecule has 0 bridgehead atoms. The van der Waals surface area contributed by atoms with E-state index in [1.54, 1.807) is 0 Å². The molecule has 1 aromatic carbocycles. The number of benzene rings is 1. The maximum atomic E-state index is 11.5. The lowest BCUT2D eigenvalue weighted by atomic mass is 9.85. The number of aliphatic carboxylic acids is 1. The van der Waals surface area contributed by atoms with Crippen molar-refractivity contribution in [2.75, 3.05) is 0 Å². The van der Waals surface area contributed by atoms with Crippen molar-refractivity contribution in [2.24, 2.45) is 0 Å². The lowest BCUT2D eigenvalue weighted by Crippen LogP contribution is -2.47. The normalized spacial score (nSPS) is 21.7. The summed E-state index contributed by atoms with van der Waals surface area (Å²) in [4.78, 5) is 11.5. The van der Waals surface area contributed by atoms with Crippen molar-refractivity contribution in [2.45, 2.75) is 52.6 Å². The minimum atomic E-state index is -1.13. The van der Waals surface area contributed by atoms with Crippen LogP contribution in [0.3, 0.4) is 0 Å². The SMILES string of the molecule is CCC1(C(=O)O)CCc2c(C)c(O)c(C)c(C)c2O1. The first-order chi connectivity index (χ1) is 8.84. The zero-order valence-electron chi connectivity index (χ0n) is 11.8. The number of hydrogen-bond acceptors (Lipinski definition) is 3. The molecular formula is C15H20O4. The summed E-state index contributed by atoms with van der Waals surface area (Å²) in [7, 11) is 0. The first-order valence-electron chi connectivity index (χ1n) is 6.58. The number of rotatable bonds is 2. The Labute approximate surface area is 113 Å². The summed E-state index contributed by atoms with van der Waals surface area (Å²) in [6.07, 6.45) is 1.49. The molecule has 19 heavy (non-hydrogen) atoms. The summed E-state index contributed by atoms with van der Waals surface area (Å²) in [6.45, 7) is 7.36. The Bertz CT molecular complexity index is 548. The third kappa shape index (κ3) is 1.86. The van der Waals surface area contributed by atoms with E-state index in [4.69, 9.17) is 4.74 Å². The zero-order chi connectivity index (χ0) is 14.4. The monoisotopic (exact) mass is 264 g/mol. The van der Waals surface area contributed by atoms with Crippen molar-refractivity contribution < 1.29 is 19.7 Å². The number of carbonyl (C=O) groups is 1. The molecule has 1 aliphatic heterocycles. The Hall–Kier alpha value is -1.71. The number of aromatic hydroxyl groups is 1. The second-order valence-electron chi connectivity index (χ2n) is 5.29. The number of phenolic OH excluding ortho intramolecular Hbond substituents is 1. The highest BCUT2D eigenvalue weighted by Gasteiger charge is 2.43. The number of phenols is 1. The number of carboxylic acids is 1. The summed E-state index contributed by atoms with van der Waals surface area (Å²) in [6, 6.07) is 0. The molecule has 2 rings (SSSR count). The van der Waals surface area contributed by atoms with Crippen molar-refractivity contribution in [3.63, 3.8) is 0 Å². The number of fused-ring (bicyclic) bond motifs is 1. The second-order valence-corrected chi connectivity index (χ2v) is 5.29. The molecule has 1 aromatic rings. The van der Waals surface area contributed by atoms with E-state index < -0.39 is 11.6 Å². The molecular weight excluding hydrogens is 244 g/mol. The van der Waals surface area contributed by atoms with Crippen LogP contribution in [-0.2, 0) is 11.2 Å². The average molecular weight is 264 g/mol. The Balaban J connectivity index is 2.61. The van der Waals surface area contributed by atoms with Gasteiger partial charge in [-0.05, 0) is 50.3 Å². The third-order valence-electron chi connectivity index (χ3n) is 4.38. The van der Waals surface area contributed by atoms with Crippen LogP contribution in [0, 0.1) is 20.8 Å². The van der Waals surface area contributed by atoms with Gasteiger partial charge in [0.2, 0.25) is 5.60 Å². The molecule has 0 saturated carbocycles. The van der Waals surface area contributed by atoms with E-state index in [0.29, 0.717) is 30.8 Å². The minimum Gasteiger partial charge on any atom is -0.507 e. The summed E-state index contributed by atoms with van der Waals surface area (Å²) in [5.74, 6) is 0.0194. The smallest absolute Gasteiger partial charge is 0.348 e. The van der Waals surface area contributed by atoms with Gasteiger partial charge in [-0.15, -0.1) is 0 Å². The van der Waals surface area contributed by atoms with Crippen LogP contribution in [0.15, 0.2) is 0 Å². The van der Waals surface area contributed by atoms with Crippen molar-refractivity contribution in [1.29, 1.82) is 0 Å². The van der Waals surface area contributed by atoms with E-state index in [0.717, 1.165) is 22.3 Å². The summed E-state index contributed by atoms with van der Waals surface area (Å²) < 4.78 is 5.87. The van der Waals surface area contributed by atoms with Crippen LogP contribution < -0.4 is 4.74 Å². The highest BCUT2D eigenvalue weighted by Crippen LogP contribution is 2.44. The Morgan fingerprint density at radius 2 is 1.89 bits per heavy atom. The number of ether oxygens (including phenoxy) is 1. The van der Waals surface area contributed by atoms with E-state index >= 15 is 0 Å². The second kappa shape index (κ2) is 4.44. The van der Waals surface area contributed by atoms with Gasteiger partial charge in [-0.2, -0.15) is 0 Å². The van der Waals surface area contributed by atoms with Gasteiger partial charge < -0.3 is 14.9 Å². The van der Waals surface area contributed by atoms with E-state index in [2.05, 4.69) is 0 Å². The molecule has 104 valence electrons. The molecule has 1 aliphatic rings. The van der Waals surface area contributed by atoms with Crippen LogP contribution in [0.1, 0.15) is 42.0 Å². The zero-order valence-corrected chi connectivity index (χ0v) is 11.8. The Kier molecular flexibility index (Phi) is 3.20. The van der Waals surface area contributed by atoms with Crippen molar-refractivity contribution in [1.82, 2.24) is 0 Å². The van der Waals surface area contributed by atoms with Crippen molar-refractivity contribution >= 4 is 5.97 Å². The van der Waals surface area contributed by atoms with E-state index in [1.807, 2.05) is 27.7 Å². The number of carboxylic acid groups (broad SMARTS) is 1. The molecule has 1 unspecified atom stereocenters. The molecule has 1 heterocycles. The third-order valence-corrected chi connectivity index (χ3v) is 4.38. The summed E-state index contributed by atoms with van der Waals surface area (Å²) in [5.41, 5.74) is 2.19. The Morgan fingerprint density at radius 1 is 1.26 bits per heavy atom. The van der Waals surface area contributed by atoms with Gasteiger partial charge in [0.15, 0.2) is 0 Å². The highest BCUT2D eigenvalue weighted by molar-refractivity contribution is 5.79. The maximum absolute atomic E-state index is 11.5. The van der Waals surface area contributed by atoms with Crippen LogP contribution in [0.4, 0.5) is 0 Å². The lowest BCUT2D eigenvalue weighted by molar-refractivity contribution is -0.157. The van der Waals surface area contributed by atoms with Gasteiger partial charge >= 0.3 is 5.97 Å². The standard InChI is InChI=1S/C15H20O4/c1-5-15(14(17)18)7-6-11-10(4)12(16)8(2)9(3)13(11)19-15/h16H,5-7H2,1-4H3,(H,17,18). The molecule has 0 fully saturated rings. The quantitative estimate of drug-likeness (QED) is 0.862. The van der Waals surface area contributed by atoms with Crippen LogP contribution in [0.5, 0.6) is 11.5 Å². The van der Waals surface area contributed by atoms with Crippen LogP contribution >= 0.6 is 0 Å². The van der Waals surface area contributed by atoms with E-state index in [-0.39, 0.29) is 0 Å². The van der Waals surface area contributed by atoms with Gasteiger partial charge in [0.25, 0.3) is 0 Å². The predicted molar refractivity (Wildman–Crippen MR) is 71.9 cm³/mol. The predicted octanol–water partition coefficient (Wildman–Crippen LogP) is 2.88. The van der Waals surface area contributed by atoms with Gasteiger partial charge in [-0.25, -0.2) is 4.79 Å². The summed E-state index contributed by atoms with van der Waals surface area (Å²) >= 11 is 0. The van der Waals surface area contributed by atoms with Gasteiger partial charge in [0.05, 0.1) is 0 Å². The molecule has 1 atom stereocenters. The van der Waals surface area contributed by atoms with Gasteiger partial charge in [-0.3, -0.25) is 0 Å². The maximum Gasteiger partial charge on any atom is 0.348 e. The highest BCUT2D eigenvalue weighted by atomic mass is 16.5. The molecule has 4 heteroatoms. The first-order valence-corrected chi connectivity index (χ1v) is 6.58. The molecule has 2 N–H and O–H groups in total. The Morgan fingerprint density at radius 3 is 2.42 bits per heavy atom. The topological polar surface area (TPSA) is 66.8 Å². The molecule has 0 saturated heterocycles. The largest absolute Gasteiger partial charge is 0.507 e. The van der Waals surface area contributed by atoms with Gasteiger partial charge in [0, 0.05) is 12.0 Å². The van der Waals surface area contributed by atoms with Crippen LogP contribution in [0.25, 0.3) is 0 Å². The average Bonchev–Trinajstić information content (AvgIpc) is 2.41. The van der Waals surface area contributed by atoms with Crippen molar-refractivity contribution in [3.8, 4) is 11.5 Å². The molecule has 4 nitrogen and oxygen atoms in total. The lowest BCUT2D eigenvalue weighted by Gasteiger charge is -2.36. The molecule has 0 aliphatic carbocycles. The summed E-state index contributed by atoms with van der Waals surface area (Å²) in [5, 5.41) is 19.5. The van der Waals surface area contributed by atoms with Crippen LogP contribution in [-0.4, -0.2) is 21.8 Å². The van der Waals surface area contributed by atoms with Gasteiger partial charge in [-0.1, -0.05) is 6.92 Å². The fourth-order valence-electron chi connectivity index (χ4n) is 2.73.